The highest BCUT2D eigenvalue weighted by Gasteiger charge is 2.11. The minimum atomic E-state index is -1.09. The van der Waals surface area contributed by atoms with Crippen LogP contribution in [-0.4, -0.2) is 16.9 Å². The molecule has 0 saturated carbocycles. The van der Waals surface area contributed by atoms with Gasteiger partial charge in [-0.15, -0.1) is 11.3 Å². The zero-order chi connectivity index (χ0) is 14.7. The number of carboxylic acid groups (broad SMARTS) is 1. The first-order chi connectivity index (χ1) is 9.49. The average Bonchev–Trinajstić information content (AvgIpc) is 2.87. The quantitative estimate of drug-likeness (QED) is 0.682. The summed E-state index contributed by atoms with van der Waals surface area (Å²) >= 11 is 6.69. The molecule has 2 rings (SSSR count). The molecule has 0 radical (unpaired) electrons. The van der Waals surface area contributed by atoms with Crippen molar-refractivity contribution in [3.63, 3.8) is 0 Å². The molecule has 3 nitrogen and oxygen atoms in total. The Morgan fingerprint density at radius 3 is 2.50 bits per heavy atom. The van der Waals surface area contributed by atoms with Gasteiger partial charge in [0.25, 0.3) is 0 Å². The van der Waals surface area contributed by atoms with Crippen molar-refractivity contribution in [3.8, 4) is 0 Å². The summed E-state index contributed by atoms with van der Waals surface area (Å²) in [4.78, 5) is 22.9. The molecule has 1 N–H and O–H groups in total. The Balaban J connectivity index is 2.22. The second-order valence-corrected chi connectivity index (χ2v) is 5.29. The van der Waals surface area contributed by atoms with Crippen LogP contribution in [0.4, 0.5) is 4.39 Å². The van der Waals surface area contributed by atoms with Gasteiger partial charge in [-0.25, -0.2) is 9.18 Å². The summed E-state index contributed by atoms with van der Waals surface area (Å²) in [5.74, 6) is -2.02. The Morgan fingerprint density at radius 2 is 1.90 bits per heavy atom. The molecule has 1 aromatic heterocycles. The van der Waals surface area contributed by atoms with Crippen molar-refractivity contribution in [1.29, 1.82) is 0 Å². The van der Waals surface area contributed by atoms with E-state index >= 15 is 0 Å². The van der Waals surface area contributed by atoms with E-state index in [0.29, 0.717) is 0 Å². The van der Waals surface area contributed by atoms with Crippen LogP contribution in [0.1, 0.15) is 24.9 Å². The van der Waals surface area contributed by atoms with Crippen LogP contribution in [-0.2, 0) is 0 Å². The first-order valence-corrected chi connectivity index (χ1v) is 6.68. The number of halogens is 2. The standard InChI is InChI=1S/C14H8ClFO3S/c15-9-2-1-3-10(16)8(9)4-5-11(17)12-6-7-13(20-12)14(18)19/h1-7H,(H,18,19)/b5-4+. The number of hydrogen-bond donors (Lipinski definition) is 1. The number of benzene rings is 1. The lowest BCUT2D eigenvalue weighted by atomic mass is 10.1. The van der Waals surface area contributed by atoms with E-state index in [1.54, 1.807) is 0 Å². The van der Waals surface area contributed by atoms with Crippen molar-refractivity contribution in [3.05, 3.63) is 62.6 Å². The molecule has 0 unspecified atom stereocenters. The normalized spacial score (nSPS) is 10.9. The van der Waals surface area contributed by atoms with Gasteiger partial charge >= 0.3 is 5.97 Å². The predicted octanol–water partition coefficient (Wildman–Crippen LogP) is 4.13. The highest BCUT2D eigenvalue weighted by atomic mass is 35.5. The first-order valence-electron chi connectivity index (χ1n) is 5.48. The van der Waals surface area contributed by atoms with Gasteiger partial charge in [-0.05, 0) is 36.4 Å². The van der Waals surface area contributed by atoms with Gasteiger partial charge in [0.05, 0.1) is 9.90 Å². The smallest absolute Gasteiger partial charge is 0.345 e. The lowest BCUT2D eigenvalue weighted by molar-refractivity contribution is 0.0702. The minimum absolute atomic E-state index is 0.0747. The van der Waals surface area contributed by atoms with Crippen LogP contribution in [0.2, 0.25) is 5.02 Å². The summed E-state index contributed by atoms with van der Waals surface area (Å²) in [5, 5.41) is 8.98. The number of carboxylic acids is 1. The van der Waals surface area contributed by atoms with Crippen molar-refractivity contribution >= 4 is 40.8 Å². The molecular formula is C14H8ClFO3S. The maximum absolute atomic E-state index is 13.5. The molecule has 0 fully saturated rings. The molecule has 0 bridgehead atoms. The predicted molar refractivity (Wildman–Crippen MR) is 76.1 cm³/mol. The van der Waals surface area contributed by atoms with Crippen LogP contribution in [0.15, 0.2) is 36.4 Å². The molecule has 102 valence electrons. The number of carbonyl (C=O) groups is 2. The van der Waals surface area contributed by atoms with E-state index < -0.39 is 17.6 Å². The second kappa shape index (κ2) is 5.98. The molecule has 0 aliphatic carbocycles. The molecule has 2 aromatic rings. The SMILES string of the molecule is O=C(O)c1ccc(C(=O)/C=C/c2c(F)cccc2Cl)s1. The summed E-state index contributed by atoms with van der Waals surface area (Å²) in [7, 11) is 0. The third kappa shape index (κ3) is 3.12. The fourth-order valence-corrected chi connectivity index (χ4v) is 2.49. The zero-order valence-corrected chi connectivity index (χ0v) is 11.5. The lowest BCUT2D eigenvalue weighted by Gasteiger charge is -1.98. The van der Waals surface area contributed by atoms with Crippen LogP contribution >= 0.6 is 22.9 Å². The number of aromatic carboxylic acids is 1. The number of thiophene rings is 1. The highest BCUT2D eigenvalue weighted by molar-refractivity contribution is 7.16. The van der Waals surface area contributed by atoms with Gasteiger partial charge < -0.3 is 5.11 Å². The van der Waals surface area contributed by atoms with Crippen molar-refractivity contribution in [2.75, 3.05) is 0 Å². The maximum atomic E-state index is 13.5. The second-order valence-electron chi connectivity index (χ2n) is 3.80. The van der Waals surface area contributed by atoms with Crippen molar-refractivity contribution in [2.24, 2.45) is 0 Å². The van der Waals surface area contributed by atoms with E-state index in [2.05, 4.69) is 0 Å². The van der Waals surface area contributed by atoms with Gasteiger partial charge in [0.1, 0.15) is 10.7 Å². The summed E-state index contributed by atoms with van der Waals surface area (Å²) in [5.41, 5.74) is 0.123. The van der Waals surface area contributed by atoms with Crippen LogP contribution in [0, 0.1) is 5.82 Å². The van der Waals surface area contributed by atoms with Crippen LogP contribution in [0.25, 0.3) is 6.08 Å². The van der Waals surface area contributed by atoms with Gasteiger partial charge in [-0.3, -0.25) is 4.79 Å². The van der Waals surface area contributed by atoms with E-state index in [0.717, 1.165) is 11.3 Å². The van der Waals surface area contributed by atoms with Gasteiger partial charge in [0.2, 0.25) is 0 Å². The zero-order valence-electron chi connectivity index (χ0n) is 9.97. The molecule has 0 atom stereocenters. The molecule has 0 aliphatic rings. The topological polar surface area (TPSA) is 54.4 Å². The molecule has 1 heterocycles. The average molecular weight is 311 g/mol. The Hall–Kier alpha value is -1.98. The van der Waals surface area contributed by atoms with Crippen LogP contribution in [0.5, 0.6) is 0 Å². The number of allylic oxidation sites excluding steroid dienone is 1. The molecule has 0 amide bonds. The van der Waals surface area contributed by atoms with Gasteiger partial charge in [0, 0.05) is 5.56 Å². The van der Waals surface area contributed by atoms with E-state index in [9.17, 15) is 14.0 Å². The monoisotopic (exact) mass is 310 g/mol. The maximum Gasteiger partial charge on any atom is 0.345 e. The Bertz CT molecular complexity index is 686. The lowest BCUT2D eigenvalue weighted by Crippen LogP contribution is -1.91. The number of ketones is 1. The van der Waals surface area contributed by atoms with E-state index in [4.69, 9.17) is 16.7 Å². The number of hydrogen-bond acceptors (Lipinski definition) is 3. The van der Waals surface area contributed by atoms with Crippen molar-refractivity contribution in [1.82, 2.24) is 0 Å². The van der Waals surface area contributed by atoms with E-state index in [1.165, 1.54) is 42.5 Å². The molecule has 0 saturated heterocycles. The summed E-state index contributed by atoms with van der Waals surface area (Å²) in [6.45, 7) is 0. The van der Waals surface area contributed by atoms with Gasteiger partial charge in [-0.1, -0.05) is 17.7 Å². The van der Waals surface area contributed by atoms with E-state index in [1.807, 2.05) is 0 Å². The third-order valence-corrected chi connectivity index (χ3v) is 3.88. The Morgan fingerprint density at radius 1 is 1.20 bits per heavy atom. The summed E-state index contributed by atoms with van der Waals surface area (Å²) in [6.07, 6.45) is 2.45. The third-order valence-electron chi connectivity index (χ3n) is 2.46. The van der Waals surface area contributed by atoms with Crippen molar-refractivity contribution in [2.45, 2.75) is 0 Å². The highest BCUT2D eigenvalue weighted by Crippen LogP contribution is 2.22. The van der Waals surface area contributed by atoms with Gasteiger partial charge in [-0.2, -0.15) is 0 Å². The molecule has 0 spiro atoms. The largest absolute Gasteiger partial charge is 0.477 e. The number of rotatable bonds is 4. The Kier molecular flexibility index (Phi) is 4.32. The first kappa shape index (κ1) is 14.4. The number of carbonyl (C=O) groups excluding carboxylic acids is 1. The molecule has 6 heteroatoms. The molecule has 20 heavy (non-hydrogen) atoms. The van der Waals surface area contributed by atoms with Crippen LogP contribution < -0.4 is 0 Å². The van der Waals surface area contributed by atoms with Crippen molar-refractivity contribution < 1.29 is 19.1 Å². The Labute approximate surface area is 122 Å². The fraction of sp³-hybridized carbons (Fsp3) is 0. The van der Waals surface area contributed by atoms with Gasteiger partial charge in [0.15, 0.2) is 5.78 Å². The minimum Gasteiger partial charge on any atom is -0.477 e. The molecule has 1 aromatic carbocycles. The van der Waals surface area contributed by atoms with E-state index in [-0.39, 0.29) is 20.3 Å². The summed E-state index contributed by atoms with van der Waals surface area (Å²) in [6, 6.07) is 7.00. The van der Waals surface area contributed by atoms with Crippen LogP contribution in [0.3, 0.4) is 0 Å². The molecular weight excluding hydrogens is 303 g/mol. The molecule has 0 aliphatic heterocycles. The summed E-state index contributed by atoms with van der Waals surface area (Å²) < 4.78 is 13.5. The fourth-order valence-electron chi connectivity index (χ4n) is 1.50.